The molecule has 1 aromatic rings. The van der Waals surface area contributed by atoms with E-state index < -0.39 is 0 Å². The van der Waals surface area contributed by atoms with Gasteiger partial charge in [0, 0.05) is 6.54 Å². The molecule has 0 unspecified atom stereocenters. The fourth-order valence-electron chi connectivity index (χ4n) is 2.49. The molecule has 3 heteroatoms. The molecule has 82 valence electrons. The predicted molar refractivity (Wildman–Crippen MR) is 59.9 cm³/mol. The predicted octanol–water partition coefficient (Wildman–Crippen LogP) is 2.29. The van der Waals surface area contributed by atoms with Crippen LogP contribution in [0.3, 0.4) is 0 Å². The van der Waals surface area contributed by atoms with Crippen LogP contribution >= 0.6 is 0 Å². The monoisotopic (exact) mass is 215 g/mol. The van der Waals surface area contributed by atoms with Crippen LogP contribution in [0.15, 0.2) is 42.5 Å². The Hall–Kier alpha value is -1.77. The highest BCUT2D eigenvalue weighted by Crippen LogP contribution is 2.39. The molecule has 0 aliphatic carbocycles. The first-order valence-corrected chi connectivity index (χ1v) is 5.48. The maximum atomic E-state index is 11.7. The summed E-state index contributed by atoms with van der Waals surface area (Å²) in [7, 11) is 0. The van der Waals surface area contributed by atoms with Crippen molar-refractivity contribution in [2.75, 3.05) is 13.2 Å². The summed E-state index contributed by atoms with van der Waals surface area (Å²) in [6.07, 6.45) is 4.79. The lowest BCUT2D eigenvalue weighted by Crippen LogP contribution is -2.46. The second kappa shape index (κ2) is 3.37. The minimum Gasteiger partial charge on any atom is -0.446 e. The van der Waals surface area contributed by atoms with E-state index in [9.17, 15) is 4.79 Å². The van der Waals surface area contributed by atoms with Crippen molar-refractivity contribution in [3.8, 4) is 0 Å². The van der Waals surface area contributed by atoms with Crippen LogP contribution in [0, 0.1) is 0 Å². The molecule has 2 aliphatic rings. The largest absolute Gasteiger partial charge is 0.446 e. The highest BCUT2D eigenvalue weighted by Gasteiger charge is 2.48. The summed E-state index contributed by atoms with van der Waals surface area (Å²) in [4.78, 5) is 13.5. The average Bonchev–Trinajstić information content (AvgIpc) is 2.70. The van der Waals surface area contributed by atoms with Crippen LogP contribution in [0.4, 0.5) is 4.79 Å². The molecule has 1 aromatic carbocycles. The molecule has 0 spiro atoms. The summed E-state index contributed by atoms with van der Waals surface area (Å²) >= 11 is 0. The molecule has 1 atom stereocenters. The van der Waals surface area contributed by atoms with Crippen molar-refractivity contribution in [1.29, 1.82) is 0 Å². The molecule has 3 rings (SSSR count). The molecule has 0 radical (unpaired) electrons. The van der Waals surface area contributed by atoms with Gasteiger partial charge in [0.15, 0.2) is 0 Å². The van der Waals surface area contributed by atoms with E-state index in [0.29, 0.717) is 13.2 Å². The van der Waals surface area contributed by atoms with E-state index in [0.717, 1.165) is 12.0 Å². The van der Waals surface area contributed by atoms with Crippen molar-refractivity contribution >= 4 is 6.09 Å². The quantitative estimate of drug-likeness (QED) is 0.673. The molecular formula is C13H13NO2. The van der Waals surface area contributed by atoms with Gasteiger partial charge in [0.25, 0.3) is 0 Å². The van der Waals surface area contributed by atoms with E-state index in [4.69, 9.17) is 4.74 Å². The van der Waals surface area contributed by atoms with E-state index in [-0.39, 0.29) is 11.6 Å². The number of hydrogen-bond acceptors (Lipinski definition) is 2. The molecule has 1 amide bonds. The number of ether oxygens (including phenoxy) is 1. The van der Waals surface area contributed by atoms with Crippen LogP contribution in [0.1, 0.15) is 12.0 Å². The van der Waals surface area contributed by atoms with E-state index in [1.165, 1.54) is 0 Å². The van der Waals surface area contributed by atoms with E-state index in [1.807, 2.05) is 29.2 Å². The van der Waals surface area contributed by atoms with Crippen LogP contribution in [0.2, 0.25) is 0 Å². The van der Waals surface area contributed by atoms with Gasteiger partial charge >= 0.3 is 6.09 Å². The second-order valence-electron chi connectivity index (χ2n) is 4.24. The summed E-state index contributed by atoms with van der Waals surface area (Å²) in [5, 5.41) is 0. The number of benzene rings is 1. The van der Waals surface area contributed by atoms with E-state index >= 15 is 0 Å². The minimum atomic E-state index is -0.271. The molecule has 1 fully saturated rings. The summed E-state index contributed by atoms with van der Waals surface area (Å²) in [6, 6.07) is 10.1. The third-order valence-corrected chi connectivity index (χ3v) is 3.39. The van der Waals surface area contributed by atoms with Gasteiger partial charge < -0.3 is 4.74 Å². The Morgan fingerprint density at radius 2 is 2.00 bits per heavy atom. The zero-order chi connectivity index (χ0) is 11.0. The maximum Gasteiger partial charge on any atom is 0.411 e. The summed E-state index contributed by atoms with van der Waals surface area (Å²) < 4.78 is 5.20. The number of nitrogens with zero attached hydrogens (tertiary/aromatic N) is 1. The fourth-order valence-corrected chi connectivity index (χ4v) is 2.49. The Labute approximate surface area is 94.3 Å². The van der Waals surface area contributed by atoms with Crippen LogP contribution in [0.5, 0.6) is 0 Å². The molecule has 3 nitrogen and oxygen atoms in total. The van der Waals surface area contributed by atoms with Gasteiger partial charge in [-0.2, -0.15) is 0 Å². The molecule has 1 saturated heterocycles. The topological polar surface area (TPSA) is 29.5 Å². The number of hydrogen-bond donors (Lipinski definition) is 0. The Bertz CT molecular complexity index is 441. The third kappa shape index (κ3) is 1.18. The van der Waals surface area contributed by atoms with Crippen LogP contribution < -0.4 is 0 Å². The third-order valence-electron chi connectivity index (χ3n) is 3.39. The number of carbonyl (C=O) groups is 1. The van der Waals surface area contributed by atoms with Crippen molar-refractivity contribution in [2.24, 2.45) is 0 Å². The highest BCUT2D eigenvalue weighted by molar-refractivity contribution is 5.72. The fraction of sp³-hybridized carbons (Fsp3) is 0.308. The van der Waals surface area contributed by atoms with Crippen molar-refractivity contribution < 1.29 is 9.53 Å². The normalized spacial score (nSPS) is 27.8. The summed E-state index contributed by atoms with van der Waals surface area (Å²) in [5.74, 6) is 0. The van der Waals surface area contributed by atoms with Crippen LogP contribution in [-0.4, -0.2) is 24.1 Å². The highest BCUT2D eigenvalue weighted by atomic mass is 16.6. The van der Waals surface area contributed by atoms with Gasteiger partial charge in [-0.15, -0.1) is 0 Å². The molecule has 0 bridgehead atoms. The Morgan fingerprint density at radius 1 is 1.19 bits per heavy atom. The van der Waals surface area contributed by atoms with Crippen molar-refractivity contribution in [1.82, 2.24) is 4.90 Å². The van der Waals surface area contributed by atoms with Crippen molar-refractivity contribution in [2.45, 2.75) is 12.0 Å². The lowest BCUT2D eigenvalue weighted by atomic mass is 9.84. The lowest BCUT2D eigenvalue weighted by Gasteiger charge is -2.37. The Kier molecular flexibility index (Phi) is 1.99. The number of cyclic esters (lactones) is 1. The van der Waals surface area contributed by atoms with Crippen molar-refractivity contribution in [3.63, 3.8) is 0 Å². The van der Waals surface area contributed by atoms with Crippen molar-refractivity contribution in [3.05, 3.63) is 48.0 Å². The number of fused-ring (bicyclic) bond motifs is 1. The Balaban J connectivity index is 2.09. The van der Waals surface area contributed by atoms with E-state index in [2.05, 4.69) is 18.2 Å². The van der Waals surface area contributed by atoms with Gasteiger partial charge in [-0.05, 0) is 12.0 Å². The molecular weight excluding hydrogens is 202 g/mol. The van der Waals surface area contributed by atoms with E-state index in [1.54, 1.807) is 0 Å². The first-order valence-electron chi connectivity index (χ1n) is 5.48. The molecule has 2 aliphatic heterocycles. The first kappa shape index (κ1) is 9.46. The summed E-state index contributed by atoms with van der Waals surface area (Å²) in [6.45, 7) is 1.11. The van der Waals surface area contributed by atoms with Gasteiger partial charge in [0.05, 0.1) is 0 Å². The first-order chi connectivity index (χ1) is 7.83. The molecule has 0 aromatic heterocycles. The summed E-state index contributed by atoms with van der Waals surface area (Å²) in [5.41, 5.74) is 0.887. The van der Waals surface area contributed by atoms with Crippen LogP contribution in [-0.2, 0) is 10.3 Å². The van der Waals surface area contributed by atoms with Gasteiger partial charge in [-0.3, -0.25) is 4.90 Å². The molecule has 16 heavy (non-hydrogen) atoms. The number of rotatable bonds is 1. The zero-order valence-corrected chi connectivity index (χ0v) is 8.93. The second-order valence-corrected chi connectivity index (χ2v) is 4.24. The van der Waals surface area contributed by atoms with Crippen LogP contribution in [0.25, 0.3) is 0 Å². The number of carbonyl (C=O) groups excluding carboxylic acids is 1. The lowest BCUT2D eigenvalue weighted by molar-refractivity contribution is 0.154. The smallest absolute Gasteiger partial charge is 0.411 e. The number of amides is 1. The van der Waals surface area contributed by atoms with Gasteiger partial charge in [-0.25, -0.2) is 4.79 Å². The average molecular weight is 215 g/mol. The SMILES string of the molecule is O=C1OC[C@@]2(c3ccccc3)CC=CCN12. The minimum absolute atomic E-state index is 0.201. The standard InChI is InChI=1S/C13H13NO2/c15-12-14-9-5-4-8-13(14,10-16-12)11-6-2-1-3-7-11/h1-7H,8-10H2/t13-/m1/s1. The zero-order valence-electron chi connectivity index (χ0n) is 8.93. The van der Waals surface area contributed by atoms with Gasteiger partial charge in [-0.1, -0.05) is 42.5 Å². The molecule has 2 heterocycles. The molecule has 0 saturated carbocycles. The van der Waals surface area contributed by atoms with Gasteiger partial charge in [0.2, 0.25) is 0 Å². The Morgan fingerprint density at radius 3 is 2.81 bits per heavy atom. The van der Waals surface area contributed by atoms with Gasteiger partial charge in [0.1, 0.15) is 12.1 Å². The maximum absolute atomic E-state index is 11.7. The molecule has 0 N–H and O–H groups in total.